The summed E-state index contributed by atoms with van der Waals surface area (Å²) in [5, 5.41) is 8.18. The van der Waals surface area contributed by atoms with Crippen LogP contribution in [-0.2, 0) is 4.74 Å². The van der Waals surface area contributed by atoms with Crippen molar-refractivity contribution in [1.29, 1.82) is 0 Å². The molecule has 2 aliphatic rings. The van der Waals surface area contributed by atoms with Crippen LogP contribution >= 0.6 is 15.9 Å². The van der Waals surface area contributed by atoms with Crippen LogP contribution in [0, 0.1) is 18.8 Å². The first-order valence-electron chi connectivity index (χ1n) is 13.0. The molecule has 1 aromatic carbocycles. The summed E-state index contributed by atoms with van der Waals surface area (Å²) in [5.74, 6) is 1.71. The third-order valence-corrected chi connectivity index (χ3v) is 7.60. The number of hydrogen-bond donors (Lipinski definition) is 2. The molecular formula is C28H34BrN5O3. The van der Waals surface area contributed by atoms with E-state index < -0.39 is 0 Å². The van der Waals surface area contributed by atoms with E-state index in [4.69, 9.17) is 15.2 Å². The molecule has 2 saturated carbocycles. The molecule has 5 rings (SSSR count). The zero-order valence-corrected chi connectivity index (χ0v) is 23.0. The van der Waals surface area contributed by atoms with Gasteiger partial charge in [-0.25, -0.2) is 9.48 Å². The Labute approximate surface area is 226 Å². The number of nitrogen functional groups attached to an aromatic ring is 1. The molecule has 0 bridgehead atoms. The normalized spacial score (nSPS) is 15.9. The van der Waals surface area contributed by atoms with Crippen LogP contribution in [0.15, 0.2) is 41.0 Å². The van der Waals surface area contributed by atoms with Crippen LogP contribution in [0.25, 0.3) is 11.3 Å². The van der Waals surface area contributed by atoms with Crippen LogP contribution in [0.5, 0.6) is 5.88 Å². The predicted molar refractivity (Wildman–Crippen MR) is 148 cm³/mol. The molecule has 2 heterocycles. The fourth-order valence-corrected chi connectivity index (χ4v) is 5.19. The molecule has 3 N–H and O–H groups in total. The lowest BCUT2D eigenvalue weighted by Gasteiger charge is -2.19. The second kappa shape index (κ2) is 11.1. The Morgan fingerprint density at radius 3 is 2.76 bits per heavy atom. The highest BCUT2D eigenvalue weighted by atomic mass is 79.9. The lowest BCUT2D eigenvalue weighted by atomic mass is 9.97. The summed E-state index contributed by atoms with van der Waals surface area (Å²) in [6.45, 7) is 3.38. The van der Waals surface area contributed by atoms with Gasteiger partial charge in [-0.2, -0.15) is 5.10 Å². The molecule has 2 aliphatic carbocycles. The molecule has 9 heteroatoms. The molecule has 2 fully saturated rings. The molecule has 0 aliphatic heterocycles. The highest BCUT2D eigenvalue weighted by Gasteiger charge is 2.32. The number of carbonyl (C=O) groups is 1. The number of nitrogens with two attached hydrogens (primary N) is 1. The molecule has 0 spiro atoms. The first-order valence-corrected chi connectivity index (χ1v) is 13.8. The number of methoxy groups -OCH3 is 1. The van der Waals surface area contributed by atoms with Crippen LogP contribution in [0.4, 0.5) is 11.4 Å². The van der Waals surface area contributed by atoms with E-state index in [-0.39, 0.29) is 5.97 Å². The van der Waals surface area contributed by atoms with E-state index in [1.807, 2.05) is 29.8 Å². The SMILES string of the molecule is COC(=O)c1cc(C)nc(-c2cnn(C3CC3)c2OCCC[C@H](CNc2ccc(Br)cc2N)C2CC2)c1. The second-order valence-corrected chi connectivity index (χ2v) is 11.0. The van der Waals surface area contributed by atoms with Gasteiger partial charge in [0.2, 0.25) is 5.88 Å². The maximum Gasteiger partial charge on any atom is 0.337 e. The number of carbonyl (C=O) groups excluding carboxylic acids is 1. The maximum absolute atomic E-state index is 12.2. The van der Waals surface area contributed by atoms with E-state index in [1.165, 1.54) is 20.0 Å². The first kappa shape index (κ1) is 25.6. The lowest BCUT2D eigenvalue weighted by Crippen LogP contribution is -2.18. The fraction of sp³-hybridized carbons (Fsp3) is 0.464. The Hall–Kier alpha value is -3.07. The number of pyridine rings is 1. The minimum Gasteiger partial charge on any atom is -0.477 e. The highest BCUT2D eigenvalue weighted by Crippen LogP contribution is 2.42. The summed E-state index contributed by atoms with van der Waals surface area (Å²) in [6.07, 6.45) is 8.61. The molecule has 1 atom stereocenters. The standard InChI is InChI=1S/C28H34BrN5O3/c1-17-12-20(28(35)36-2)13-26(33-17)23-16-32-34(22-8-9-22)27(23)37-11-3-4-19(18-5-6-18)15-31-25-10-7-21(29)14-24(25)30/h7,10,12-14,16,18-19,22,31H,3-6,8-9,11,15,30H2,1-2H3/t19-/m1/s1. The average molecular weight is 569 g/mol. The number of anilines is 2. The Morgan fingerprint density at radius 1 is 1.24 bits per heavy atom. The summed E-state index contributed by atoms with van der Waals surface area (Å²) in [7, 11) is 1.38. The predicted octanol–water partition coefficient (Wildman–Crippen LogP) is 6.02. The zero-order chi connectivity index (χ0) is 25.9. The quantitative estimate of drug-likeness (QED) is 0.157. The van der Waals surface area contributed by atoms with E-state index in [2.05, 4.69) is 31.3 Å². The lowest BCUT2D eigenvalue weighted by molar-refractivity contribution is 0.0600. The number of rotatable bonds is 12. The largest absolute Gasteiger partial charge is 0.477 e. The van der Waals surface area contributed by atoms with E-state index >= 15 is 0 Å². The van der Waals surface area contributed by atoms with Gasteiger partial charge in [0.1, 0.15) is 0 Å². The summed E-state index contributed by atoms with van der Waals surface area (Å²) >= 11 is 3.47. The topological polar surface area (TPSA) is 104 Å². The summed E-state index contributed by atoms with van der Waals surface area (Å²) < 4.78 is 14.3. The molecule has 8 nitrogen and oxygen atoms in total. The first-order chi connectivity index (χ1) is 17.9. The maximum atomic E-state index is 12.2. The number of aromatic nitrogens is 3. The molecule has 0 saturated heterocycles. The van der Waals surface area contributed by atoms with E-state index in [9.17, 15) is 4.79 Å². The summed E-state index contributed by atoms with van der Waals surface area (Å²) in [6, 6.07) is 9.82. The molecular weight excluding hydrogens is 534 g/mol. The van der Waals surface area contributed by atoms with Crippen molar-refractivity contribution in [3.8, 4) is 17.1 Å². The van der Waals surface area contributed by atoms with Crippen molar-refractivity contribution in [2.45, 2.75) is 51.5 Å². The number of ether oxygens (including phenoxy) is 2. The summed E-state index contributed by atoms with van der Waals surface area (Å²) in [4.78, 5) is 16.8. The van der Waals surface area contributed by atoms with Crippen molar-refractivity contribution < 1.29 is 14.3 Å². The Morgan fingerprint density at radius 2 is 2.05 bits per heavy atom. The number of aryl methyl sites for hydroxylation is 1. The Bertz CT molecular complexity index is 1270. The van der Waals surface area contributed by atoms with Gasteiger partial charge in [-0.05, 0) is 87.6 Å². The molecule has 2 aromatic heterocycles. The average Bonchev–Trinajstić information content (AvgIpc) is 3.82. The third kappa shape index (κ3) is 6.26. The highest BCUT2D eigenvalue weighted by molar-refractivity contribution is 9.10. The van der Waals surface area contributed by atoms with Gasteiger partial charge in [-0.1, -0.05) is 15.9 Å². The Balaban J connectivity index is 1.24. The van der Waals surface area contributed by atoms with Crippen LogP contribution in [0.1, 0.15) is 60.6 Å². The van der Waals surface area contributed by atoms with Crippen LogP contribution < -0.4 is 15.8 Å². The Kier molecular flexibility index (Phi) is 7.69. The minimum absolute atomic E-state index is 0.369. The number of nitrogens with zero attached hydrogens (tertiary/aromatic N) is 3. The number of nitrogens with one attached hydrogen (secondary N) is 1. The molecule has 0 unspecified atom stereocenters. The van der Waals surface area contributed by atoms with E-state index in [0.29, 0.717) is 29.8 Å². The molecule has 3 aromatic rings. The van der Waals surface area contributed by atoms with Crippen molar-refractivity contribution in [2.75, 3.05) is 31.3 Å². The van der Waals surface area contributed by atoms with Gasteiger partial charge in [0, 0.05) is 16.7 Å². The smallest absolute Gasteiger partial charge is 0.337 e. The van der Waals surface area contributed by atoms with Crippen molar-refractivity contribution in [3.05, 3.63) is 52.3 Å². The fourth-order valence-electron chi connectivity index (χ4n) is 4.81. The van der Waals surface area contributed by atoms with Crippen LogP contribution in [0.3, 0.4) is 0 Å². The zero-order valence-electron chi connectivity index (χ0n) is 21.4. The van der Waals surface area contributed by atoms with Gasteiger partial charge >= 0.3 is 5.97 Å². The number of hydrogen-bond acceptors (Lipinski definition) is 7. The van der Waals surface area contributed by atoms with Crippen LogP contribution in [-0.4, -0.2) is 41.0 Å². The third-order valence-electron chi connectivity index (χ3n) is 7.11. The number of esters is 1. The van der Waals surface area contributed by atoms with E-state index in [1.54, 1.807) is 18.3 Å². The molecule has 0 amide bonds. The van der Waals surface area contributed by atoms with Crippen molar-refractivity contribution >= 4 is 33.3 Å². The second-order valence-electron chi connectivity index (χ2n) is 10.1. The number of benzene rings is 1. The van der Waals surface area contributed by atoms with Gasteiger partial charge in [-0.15, -0.1) is 0 Å². The molecule has 37 heavy (non-hydrogen) atoms. The summed E-state index contributed by atoms with van der Waals surface area (Å²) in [5.41, 5.74) is 10.6. The molecule has 0 radical (unpaired) electrons. The van der Waals surface area contributed by atoms with Crippen molar-refractivity contribution in [2.24, 2.45) is 11.8 Å². The van der Waals surface area contributed by atoms with E-state index in [0.717, 1.165) is 71.1 Å². The van der Waals surface area contributed by atoms with Crippen LogP contribution in [0.2, 0.25) is 0 Å². The molecule has 196 valence electrons. The van der Waals surface area contributed by atoms with Gasteiger partial charge in [0.25, 0.3) is 0 Å². The van der Waals surface area contributed by atoms with Gasteiger partial charge in [0.15, 0.2) is 0 Å². The van der Waals surface area contributed by atoms with Gasteiger partial charge < -0.3 is 20.5 Å². The van der Waals surface area contributed by atoms with Crippen molar-refractivity contribution in [3.63, 3.8) is 0 Å². The van der Waals surface area contributed by atoms with Crippen molar-refractivity contribution in [1.82, 2.24) is 14.8 Å². The van der Waals surface area contributed by atoms with Gasteiger partial charge in [0.05, 0.1) is 54.2 Å². The minimum atomic E-state index is -0.381. The monoisotopic (exact) mass is 567 g/mol. The number of halogens is 1. The van der Waals surface area contributed by atoms with Gasteiger partial charge in [-0.3, -0.25) is 4.98 Å².